The van der Waals surface area contributed by atoms with E-state index in [0.717, 1.165) is 18.5 Å². The van der Waals surface area contributed by atoms with Crippen molar-refractivity contribution in [3.8, 4) is 0 Å². The lowest BCUT2D eigenvalue weighted by Gasteiger charge is -2.46. The molecule has 1 spiro atoms. The maximum absolute atomic E-state index is 12.6. The minimum atomic E-state index is -0.637. The summed E-state index contributed by atoms with van der Waals surface area (Å²) in [5.74, 6) is -0.282. The highest BCUT2D eigenvalue weighted by atomic mass is 16.2. The zero-order valence-electron chi connectivity index (χ0n) is 13.0. The molecule has 3 heterocycles. The molecule has 0 aliphatic carbocycles. The summed E-state index contributed by atoms with van der Waals surface area (Å²) in [6.07, 6.45) is 6.06. The molecule has 0 bridgehead atoms. The molecule has 2 aliphatic rings. The Morgan fingerprint density at radius 3 is 2.92 bits per heavy atom. The molecule has 1 aromatic carbocycles. The number of carbonyl (C=O) groups is 2. The minimum Gasteiger partial charge on any atom is -0.361 e. The van der Waals surface area contributed by atoms with Crippen LogP contribution in [0, 0.1) is 0 Å². The quantitative estimate of drug-likeness (QED) is 0.825. The number of nitrogens with one attached hydrogen (secondary N) is 2. The van der Waals surface area contributed by atoms with Gasteiger partial charge in [-0.25, -0.2) is 4.98 Å². The van der Waals surface area contributed by atoms with Crippen molar-refractivity contribution >= 4 is 17.5 Å². The molecule has 2 aliphatic heterocycles. The lowest BCUT2D eigenvalue weighted by molar-refractivity contribution is 0.0587. The largest absolute Gasteiger partial charge is 0.361 e. The number of piperidine rings is 1. The fourth-order valence-corrected chi connectivity index (χ4v) is 3.37. The van der Waals surface area contributed by atoms with E-state index in [9.17, 15) is 9.59 Å². The topological polar surface area (TPSA) is 87.2 Å². The molecule has 1 atom stereocenters. The summed E-state index contributed by atoms with van der Waals surface area (Å²) in [5, 5.41) is 6.46. The molecule has 1 unspecified atom stereocenters. The second kappa shape index (κ2) is 5.59. The summed E-state index contributed by atoms with van der Waals surface area (Å²) in [7, 11) is 0. The highest BCUT2D eigenvalue weighted by molar-refractivity contribution is 6.02. The average Bonchev–Trinajstić information content (AvgIpc) is 2.62. The van der Waals surface area contributed by atoms with Gasteiger partial charge >= 0.3 is 0 Å². The van der Waals surface area contributed by atoms with Crippen molar-refractivity contribution in [2.75, 3.05) is 18.4 Å². The van der Waals surface area contributed by atoms with Crippen molar-refractivity contribution < 1.29 is 9.59 Å². The molecule has 0 saturated carbocycles. The molecule has 4 rings (SSSR count). The van der Waals surface area contributed by atoms with Crippen LogP contribution in [0.5, 0.6) is 0 Å². The first-order valence-electron chi connectivity index (χ1n) is 7.92. The Balaban J connectivity index is 1.59. The fraction of sp³-hybridized carbons (Fsp3) is 0.294. The molecule has 2 amide bonds. The molecular weight excluding hydrogens is 306 g/mol. The van der Waals surface area contributed by atoms with Crippen molar-refractivity contribution in [2.24, 2.45) is 0 Å². The second-order valence-corrected chi connectivity index (χ2v) is 6.13. The standard InChI is InChI=1S/C17H17N5O2/c23-15-12-4-1-2-5-13(12)20-17(21-15)6-3-9-22(11-17)16(24)14-10-18-7-8-19-14/h1-2,4-5,7-8,10,20H,3,6,9,11H2,(H,21,23). The van der Waals surface area contributed by atoms with E-state index in [0.29, 0.717) is 24.3 Å². The van der Waals surface area contributed by atoms with E-state index in [1.165, 1.54) is 18.6 Å². The van der Waals surface area contributed by atoms with E-state index in [1.54, 1.807) is 11.0 Å². The van der Waals surface area contributed by atoms with Crippen LogP contribution in [0.2, 0.25) is 0 Å². The van der Waals surface area contributed by atoms with Crippen LogP contribution >= 0.6 is 0 Å². The van der Waals surface area contributed by atoms with E-state index < -0.39 is 5.66 Å². The molecule has 0 radical (unpaired) electrons. The minimum absolute atomic E-state index is 0.113. The number of likely N-dealkylation sites (tertiary alicyclic amines) is 1. The second-order valence-electron chi connectivity index (χ2n) is 6.13. The van der Waals surface area contributed by atoms with Gasteiger partial charge in [0.25, 0.3) is 11.8 Å². The van der Waals surface area contributed by atoms with Crippen LogP contribution in [-0.2, 0) is 0 Å². The van der Waals surface area contributed by atoms with Crippen LogP contribution in [0.4, 0.5) is 5.69 Å². The Labute approximate surface area is 139 Å². The molecule has 2 aromatic rings. The summed E-state index contributed by atoms with van der Waals surface area (Å²) in [5.41, 5.74) is 1.11. The number of benzene rings is 1. The predicted molar refractivity (Wildman–Crippen MR) is 87.4 cm³/mol. The van der Waals surface area contributed by atoms with Crippen LogP contribution in [0.1, 0.15) is 33.7 Å². The van der Waals surface area contributed by atoms with E-state index in [4.69, 9.17) is 0 Å². The molecule has 7 heteroatoms. The Hall–Kier alpha value is -2.96. The van der Waals surface area contributed by atoms with Gasteiger partial charge in [-0.2, -0.15) is 0 Å². The van der Waals surface area contributed by atoms with Gasteiger partial charge in [0.05, 0.1) is 18.3 Å². The summed E-state index contributed by atoms with van der Waals surface area (Å²) < 4.78 is 0. The lowest BCUT2D eigenvalue weighted by Crippen LogP contribution is -2.66. The normalized spacial score (nSPS) is 22.5. The number of amides is 2. The number of para-hydroxylation sites is 1. The zero-order valence-corrected chi connectivity index (χ0v) is 13.0. The zero-order chi connectivity index (χ0) is 16.6. The van der Waals surface area contributed by atoms with Gasteiger partial charge in [-0.05, 0) is 25.0 Å². The third-order valence-electron chi connectivity index (χ3n) is 4.46. The van der Waals surface area contributed by atoms with Gasteiger partial charge in [-0.15, -0.1) is 0 Å². The number of rotatable bonds is 1. The number of aromatic nitrogens is 2. The van der Waals surface area contributed by atoms with Crippen molar-refractivity contribution in [1.29, 1.82) is 0 Å². The molecule has 7 nitrogen and oxygen atoms in total. The highest BCUT2D eigenvalue weighted by Gasteiger charge is 2.42. The van der Waals surface area contributed by atoms with Crippen molar-refractivity contribution in [3.05, 3.63) is 54.1 Å². The first-order valence-corrected chi connectivity index (χ1v) is 7.92. The summed E-state index contributed by atoms with van der Waals surface area (Å²) in [6, 6.07) is 7.40. The van der Waals surface area contributed by atoms with Crippen molar-refractivity contribution in [3.63, 3.8) is 0 Å². The Kier molecular flexibility index (Phi) is 3.41. The molecule has 24 heavy (non-hydrogen) atoms. The molecule has 1 fully saturated rings. The maximum atomic E-state index is 12.6. The van der Waals surface area contributed by atoms with Crippen molar-refractivity contribution in [2.45, 2.75) is 18.5 Å². The number of fused-ring (bicyclic) bond motifs is 1. The van der Waals surface area contributed by atoms with Gasteiger partial charge in [0.1, 0.15) is 11.4 Å². The van der Waals surface area contributed by atoms with E-state index >= 15 is 0 Å². The van der Waals surface area contributed by atoms with Crippen LogP contribution in [0.25, 0.3) is 0 Å². The Morgan fingerprint density at radius 2 is 2.08 bits per heavy atom. The molecule has 2 N–H and O–H groups in total. The Bertz CT molecular complexity index is 795. The lowest BCUT2D eigenvalue weighted by atomic mass is 9.93. The van der Waals surface area contributed by atoms with Gasteiger partial charge in [0.2, 0.25) is 0 Å². The first kappa shape index (κ1) is 14.6. The van der Waals surface area contributed by atoms with Crippen molar-refractivity contribution in [1.82, 2.24) is 20.2 Å². The third kappa shape index (κ3) is 2.47. The highest BCUT2D eigenvalue weighted by Crippen LogP contribution is 2.30. The van der Waals surface area contributed by atoms with Gasteiger partial charge in [0.15, 0.2) is 0 Å². The number of hydrogen-bond acceptors (Lipinski definition) is 5. The summed E-state index contributed by atoms with van der Waals surface area (Å²) >= 11 is 0. The smallest absolute Gasteiger partial charge is 0.274 e. The maximum Gasteiger partial charge on any atom is 0.274 e. The average molecular weight is 323 g/mol. The fourth-order valence-electron chi connectivity index (χ4n) is 3.37. The van der Waals surface area contributed by atoms with Crippen LogP contribution in [-0.4, -0.2) is 45.4 Å². The van der Waals surface area contributed by atoms with Gasteiger partial charge < -0.3 is 15.5 Å². The van der Waals surface area contributed by atoms with E-state index in [-0.39, 0.29) is 11.8 Å². The number of nitrogens with zero attached hydrogens (tertiary/aromatic N) is 3. The number of anilines is 1. The third-order valence-corrected chi connectivity index (χ3v) is 4.46. The first-order chi connectivity index (χ1) is 11.7. The molecule has 1 aromatic heterocycles. The molecular formula is C17H17N5O2. The van der Waals surface area contributed by atoms with E-state index in [2.05, 4.69) is 20.6 Å². The number of hydrogen-bond donors (Lipinski definition) is 2. The van der Waals surface area contributed by atoms with Gasteiger partial charge in [0, 0.05) is 24.6 Å². The van der Waals surface area contributed by atoms with E-state index in [1.807, 2.05) is 18.2 Å². The van der Waals surface area contributed by atoms with Crippen LogP contribution in [0.15, 0.2) is 42.9 Å². The van der Waals surface area contributed by atoms with Gasteiger partial charge in [-0.3, -0.25) is 14.6 Å². The Morgan fingerprint density at radius 1 is 1.21 bits per heavy atom. The molecule has 122 valence electrons. The monoisotopic (exact) mass is 323 g/mol. The van der Waals surface area contributed by atoms with Crippen LogP contribution in [0.3, 0.4) is 0 Å². The number of carbonyl (C=O) groups excluding carboxylic acids is 2. The molecule has 1 saturated heterocycles. The van der Waals surface area contributed by atoms with Crippen LogP contribution < -0.4 is 10.6 Å². The summed E-state index contributed by atoms with van der Waals surface area (Å²) in [6.45, 7) is 1.03. The SMILES string of the molecule is O=C1NC2(CCCN(C(=O)c3cnccn3)C2)Nc2ccccc21. The van der Waals surface area contributed by atoms with Gasteiger partial charge in [-0.1, -0.05) is 12.1 Å². The summed E-state index contributed by atoms with van der Waals surface area (Å²) in [4.78, 5) is 34.8. The predicted octanol–water partition coefficient (Wildman–Crippen LogP) is 1.26.